The van der Waals surface area contributed by atoms with E-state index >= 15 is 0 Å². The smallest absolute Gasteiger partial charge is 0.134 e. The van der Waals surface area contributed by atoms with E-state index in [4.69, 9.17) is 9.97 Å². The van der Waals surface area contributed by atoms with Crippen molar-refractivity contribution in [3.05, 3.63) is 66.5 Å². The molecule has 1 fully saturated rings. The Morgan fingerprint density at radius 3 is 2.32 bits per heavy atom. The minimum Gasteiger partial charge on any atom is -0.378 e. The van der Waals surface area contributed by atoms with Crippen LogP contribution in [0.25, 0.3) is 11.3 Å². The second-order valence-corrected chi connectivity index (χ2v) is 7.45. The highest BCUT2D eigenvalue weighted by Crippen LogP contribution is 2.28. The quantitative estimate of drug-likeness (QED) is 0.693. The van der Waals surface area contributed by atoms with Crippen LogP contribution in [0.5, 0.6) is 0 Å². The third-order valence-corrected chi connectivity index (χ3v) is 5.17. The van der Waals surface area contributed by atoms with Crippen molar-refractivity contribution in [1.82, 2.24) is 15.3 Å². The van der Waals surface area contributed by atoms with E-state index < -0.39 is 0 Å². The lowest BCUT2D eigenvalue weighted by atomic mass is 9.97. The fourth-order valence-corrected chi connectivity index (χ4v) is 3.54. The zero-order chi connectivity index (χ0) is 19.3. The number of nitrogens with one attached hydrogen (secondary N) is 2. The summed E-state index contributed by atoms with van der Waals surface area (Å²) in [5.41, 5.74) is 4.29. The number of piperidine rings is 1. The van der Waals surface area contributed by atoms with Crippen LogP contribution in [-0.2, 0) is 0 Å². The molecule has 2 N–H and O–H groups in total. The fraction of sp³-hybridized carbons (Fsp3) is 0.304. The molecule has 5 heteroatoms. The first kappa shape index (κ1) is 18.4. The predicted octanol–water partition coefficient (Wildman–Crippen LogP) is 4.42. The average Bonchev–Trinajstić information content (AvgIpc) is 2.75. The van der Waals surface area contributed by atoms with E-state index in [0.717, 1.165) is 54.5 Å². The number of aromatic nitrogens is 2. The normalized spacial score (nSPS) is 14.6. The van der Waals surface area contributed by atoms with Crippen LogP contribution in [-0.4, -0.2) is 37.2 Å². The van der Waals surface area contributed by atoms with Gasteiger partial charge in [-0.15, -0.1) is 0 Å². The molecule has 0 bridgehead atoms. The predicted molar refractivity (Wildman–Crippen MR) is 116 cm³/mol. The molecule has 4 rings (SSSR count). The Bertz CT molecular complexity index is 900. The third kappa shape index (κ3) is 4.31. The van der Waals surface area contributed by atoms with E-state index in [9.17, 15) is 0 Å². The molecule has 0 atom stereocenters. The zero-order valence-electron chi connectivity index (χ0n) is 16.5. The molecule has 0 radical (unpaired) electrons. The zero-order valence-corrected chi connectivity index (χ0v) is 16.5. The maximum atomic E-state index is 4.92. The van der Waals surface area contributed by atoms with E-state index in [-0.39, 0.29) is 0 Å². The molecule has 2 aromatic carbocycles. The van der Waals surface area contributed by atoms with Crippen molar-refractivity contribution >= 4 is 17.2 Å². The van der Waals surface area contributed by atoms with Crippen molar-refractivity contribution < 1.29 is 0 Å². The molecule has 1 saturated heterocycles. The van der Waals surface area contributed by atoms with Gasteiger partial charge in [0.25, 0.3) is 0 Å². The Morgan fingerprint density at radius 2 is 1.64 bits per heavy atom. The van der Waals surface area contributed by atoms with Crippen molar-refractivity contribution in [1.29, 1.82) is 0 Å². The summed E-state index contributed by atoms with van der Waals surface area (Å²) in [7, 11) is 4.09. The second kappa shape index (κ2) is 8.40. The lowest BCUT2D eigenvalue weighted by molar-refractivity contribution is 0.445. The summed E-state index contributed by atoms with van der Waals surface area (Å²) in [5, 5.41) is 6.90. The minimum atomic E-state index is 0.404. The fourth-order valence-electron chi connectivity index (χ4n) is 3.54. The lowest BCUT2D eigenvalue weighted by Crippen LogP contribution is -2.27. The number of hydrogen-bond donors (Lipinski definition) is 2. The lowest BCUT2D eigenvalue weighted by Gasteiger charge is -2.22. The molecule has 1 aliphatic rings. The highest BCUT2D eigenvalue weighted by molar-refractivity contribution is 5.66. The average molecular weight is 374 g/mol. The molecule has 28 heavy (non-hydrogen) atoms. The van der Waals surface area contributed by atoms with Crippen molar-refractivity contribution in [2.24, 2.45) is 0 Å². The van der Waals surface area contributed by atoms with Crippen LogP contribution in [0.1, 0.15) is 24.6 Å². The molecule has 0 saturated carbocycles. The van der Waals surface area contributed by atoms with Crippen LogP contribution >= 0.6 is 0 Å². The minimum absolute atomic E-state index is 0.404. The number of benzene rings is 2. The van der Waals surface area contributed by atoms with Gasteiger partial charge in [0.05, 0.1) is 5.69 Å². The van der Waals surface area contributed by atoms with Gasteiger partial charge in [0.1, 0.15) is 11.6 Å². The highest BCUT2D eigenvalue weighted by Gasteiger charge is 2.19. The van der Waals surface area contributed by atoms with E-state index in [0.29, 0.717) is 5.92 Å². The maximum absolute atomic E-state index is 4.92. The van der Waals surface area contributed by atoms with E-state index in [1.54, 1.807) is 0 Å². The van der Waals surface area contributed by atoms with Gasteiger partial charge in [0.2, 0.25) is 0 Å². The van der Waals surface area contributed by atoms with Crippen molar-refractivity contribution in [3.8, 4) is 11.3 Å². The van der Waals surface area contributed by atoms with Gasteiger partial charge in [0.15, 0.2) is 0 Å². The monoisotopic (exact) mass is 373 g/mol. The summed E-state index contributed by atoms with van der Waals surface area (Å²) in [4.78, 5) is 11.9. The maximum Gasteiger partial charge on any atom is 0.134 e. The second-order valence-electron chi connectivity index (χ2n) is 7.45. The van der Waals surface area contributed by atoms with E-state index in [1.807, 2.05) is 26.2 Å². The molecular formula is C23H27N5. The number of hydrogen-bond acceptors (Lipinski definition) is 5. The van der Waals surface area contributed by atoms with Crippen molar-refractivity contribution in [2.75, 3.05) is 37.4 Å². The van der Waals surface area contributed by atoms with Gasteiger partial charge in [-0.25, -0.2) is 9.97 Å². The highest BCUT2D eigenvalue weighted by atomic mass is 15.1. The van der Waals surface area contributed by atoms with Gasteiger partial charge < -0.3 is 15.5 Å². The van der Waals surface area contributed by atoms with Gasteiger partial charge >= 0.3 is 0 Å². The summed E-state index contributed by atoms with van der Waals surface area (Å²) in [6.07, 6.45) is 2.16. The van der Waals surface area contributed by atoms with Crippen LogP contribution in [0.2, 0.25) is 0 Å². The molecule has 0 unspecified atom stereocenters. The van der Waals surface area contributed by atoms with Crippen molar-refractivity contribution in [3.63, 3.8) is 0 Å². The van der Waals surface area contributed by atoms with Gasteiger partial charge in [-0.2, -0.15) is 0 Å². The summed E-state index contributed by atoms with van der Waals surface area (Å²) >= 11 is 0. The van der Waals surface area contributed by atoms with Crippen LogP contribution in [0, 0.1) is 0 Å². The van der Waals surface area contributed by atoms with Gasteiger partial charge in [-0.05, 0) is 50.2 Å². The van der Waals surface area contributed by atoms with Gasteiger partial charge in [0, 0.05) is 43.0 Å². The summed E-state index contributed by atoms with van der Waals surface area (Å²) < 4.78 is 0. The van der Waals surface area contributed by atoms with Crippen LogP contribution < -0.4 is 15.5 Å². The number of anilines is 3. The third-order valence-electron chi connectivity index (χ3n) is 5.17. The summed E-state index contributed by atoms with van der Waals surface area (Å²) in [6.45, 7) is 2.05. The molecule has 0 spiro atoms. The molecule has 5 nitrogen and oxygen atoms in total. The summed E-state index contributed by atoms with van der Waals surface area (Å²) in [5.74, 6) is 2.19. The SMILES string of the molecule is CN(C)c1ccc(Nc2cc(-c3ccccc3)nc(C3CCNCC3)n2)cc1. The molecule has 1 aliphatic heterocycles. The molecule has 1 aromatic heterocycles. The Morgan fingerprint density at radius 1 is 0.929 bits per heavy atom. The Hall–Kier alpha value is -2.92. The standard InChI is InChI=1S/C23H27N5/c1-28(2)20-10-8-19(9-11-20)25-22-16-21(17-6-4-3-5-7-17)26-23(27-22)18-12-14-24-15-13-18/h3-11,16,18,24H,12-15H2,1-2H3,(H,25,26,27). The molecule has 3 aromatic rings. The molecule has 2 heterocycles. The molecule has 0 amide bonds. The Kier molecular flexibility index (Phi) is 5.53. The van der Waals surface area contributed by atoms with Crippen LogP contribution in [0.4, 0.5) is 17.2 Å². The van der Waals surface area contributed by atoms with Crippen molar-refractivity contribution in [2.45, 2.75) is 18.8 Å². The number of rotatable bonds is 5. The van der Waals surface area contributed by atoms with E-state index in [1.165, 1.54) is 5.69 Å². The van der Waals surface area contributed by atoms with Gasteiger partial charge in [-0.3, -0.25) is 0 Å². The number of nitrogens with zero attached hydrogens (tertiary/aromatic N) is 3. The molecular weight excluding hydrogens is 346 g/mol. The Labute approximate surface area is 166 Å². The molecule has 144 valence electrons. The Balaban J connectivity index is 1.66. The molecule has 0 aliphatic carbocycles. The van der Waals surface area contributed by atoms with Crippen LogP contribution in [0.3, 0.4) is 0 Å². The first-order valence-corrected chi connectivity index (χ1v) is 9.88. The van der Waals surface area contributed by atoms with Gasteiger partial charge in [-0.1, -0.05) is 30.3 Å². The summed E-state index contributed by atoms with van der Waals surface area (Å²) in [6, 6.07) is 20.8. The topological polar surface area (TPSA) is 53.1 Å². The first-order valence-electron chi connectivity index (χ1n) is 9.88. The van der Waals surface area contributed by atoms with Crippen LogP contribution in [0.15, 0.2) is 60.7 Å². The first-order chi connectivity index (χ1) is 13.7. The largest absolute Gasteiger partial charge is 0.378 e. The van der Waals surface area contributed by atoms with E-state index in [2.05, 4.69) is 64.1 Å².